The van der Waals surface area contributed by atoms with E-state index >= 15 is 0 Å². The highest BCUT2D eigenvalue weighted by Gasteiger charge is 1.98. The Morgan fingerprint density at radius 3 is 2.95 bits per heavy atom. The number of hydrogen-bond donors (Lipinski definition) is 1. The van der Waals surface area contributed by atoms with E-state index in [4.69, 9.17) is 4.74 Å². The Morgan fingerprint density at radius 2 is 2.15 bits per heavy atom. The first kappa shape index (κ1) is 14.1. The standard InChI is InChI=1S/C15H17N3O2/c1-20-10-4-9-16-15(19)8-7-12-11-17-13-5-2-3-6-14(13)18-12/h2-3,5-8,11H,4,9-10H2,1H3,(H,16,19). The second-order valence-electron chi connectivity index (χ2n) is 4.25. The van der Waals surface area contributed by atoms with E-state index in [0.717, 1.165) is 17.5 Å². The Morgan fingerprint density at radius 1 is 1.35 bits per heavy atom. The van der Waals surface area contributed by atoms with Gasteiger partial charge in [-0.2, -0.15) is 0 Å². The molecule has 1 N–H and O–H groups in total. The van der Waals surface area contributed by atoms with Gasteiger partial charge in [-0.3, -0.25) is 9.78 Å². The molecule has 104 valence electrons. The normalized spacial score (nSPS) is 11.1. The summed E-state index contributed by atoms with van der Waals surface area (Å²) >= 11 is 0. The van der Waals surface area contributed by atoms with E-state index in [1.54, 1.807) is 19.4 Å². The van der Waals surface area contributed by atoms with Gasteiger partial charge in [-0.25, -0.2) is 4.98 Å². The number of hydrogen-bond acceptors (Lipinski definition) is 4. The summed E-state index contributed by atoms with van der Waals surface area (Å²) in [6.07, 6.45) is 5.57. The van der Waals surface area contributed by atoms with E-state index in [-0.39, 0.29) is 5.91 Å². The maximum atomic E-state index is 11.6. The van der Waals surface area contributed by atoms with E-state index in [1.807, 2.05) is 24.3 Å². The number of rotatable bonds is 6. The van der Waals surface area contributed by atoms with Crippen LogP contribution in [0.15, 0.2) is 36.5 Å². The van der Waals surface area contributed by atoms with E-state index in [1.165, 1.54) is 6.08 Å². The van der Waals surface area contributed by atoms with Crippen LogP contribution >= 0.6 is 0 Å². The van der Waals surface area contributed by atoms with Gasteiger partial charge in [0.05, 0.1) is 22.9 Å². The number of nitrogens with one attached hydrogen (secondary N) is 1. The van der Waals surface area contributed by atoms with Crippen molar-refractivity contribution in [3.8, 4) is 0 Å². The zero-order chi connectivity index (χ0) is 14.2. The largest absolute Gasteiger partial charge is 0.385 e. The molecule has 2 rings (SSSR count). The van der Waals surface area contributed by atoms with Gasteiger partial charge in [0.1, 0.15) is 0 Å². The van der Waals surface area contributed by atoms with Gasteiger partial charge >= 0.3 is 0 Å². The Labute approximate surface area is 117 Å². The summed E-state index contributed by atoms with van der Waals surface area (Å²) in [7, 11) is 1.64. The summed E-state index contributed by atoms with van der Waals surface area (Å²) in [6, 6.07) is 7.62. The van der Waals surface area contributed by atoms with Gasteiger partial charge in [0.25, 0.3) is 0 Å². The van der Waals surface area contributed by atoms with Crippen LogP contribution in [0.2, 0.25) is 0 Å². The molecule has 20 heavy (non-hydrogen) atoms. The highest BCUT2D eigenvalue weighted by atomic mass is 16.5. The number of fused-ring (bicyclic) bond motifs is 1. The molecule has 0 fully saturated rings. The van der Waals surface area contributed by atoms with Crippen molar-refractivity contribution in [2.75, 3.05) is 20.3 Å². The summed E-state index contributed by atoms with van der Waals surface area (Å²) in [6.45, 7) is 1.24. The quantitative estimate of drug-likeness (QED) is 0.642. The zero-order valence-electron chi connectivity index (χ0n) is 11.4. The predicted molar refractivity (Wildman–Crippen MR) is 78.1 cm³/mol. The lowest BCUT2D eigenvalue weighted by Crippen LogP contribution is -2.22. The Bertz CT molecular complexity index is 611. The van der Waals surface area contributed by atoms with Crippen LogP contribution in [-0.2, 0) is 9.53 Å². The van der Waals surface area contributed by atoms with Gasteiger partial charge in [-0.05, 0) is 24.6 Å². The molecule has 0 aliphatic carbocycles. The molecule has 1 aromatic carbocycles. The Kier molecular flexibility index (Phi) is 5.20. The number of nitrogens with zero attached hydrogens (tertiary/aromatic N) is 2. The predicted octanol–water partition coefficient (Wildman–Crippen LogP) is 1.80. The molecule has 0 bridgehead atoms. The Balaban J connectivity index is 1.93. The SMILES string of the molecule is COCCCNC(=O)C=Cc1cnc2ccccc2n1. The number of methoxy groups -OCH3 is 1. The molecule has 0 unspecified atom stereocenters. The minimum atomic E-state index is -0.143. The number of carbonyl (C=O) groups is 1. The maximum absolute atomic E-state index is 11.6. The molecule has 0 aliphatic heterocycles. The van der Waals surface area contributed by atoms with Crippen molar-refractivity contribution < 1.29 is 9.53 Å². The molecule has 0 spiro atoms. The number of amides is 1. The third-order valence-corrected chi connectivity index (χ3v) is 2.70. The number of carbonyl (C=O) groups excluding carboxylic acids is 1. The number of para-hydroxylation sites is 2. The Hall–Kier alpha value is -2.27. The fourth-order valence-electron chi connectivity index (χ4n) is 1.70. The highest BCUT2D eigenvalue weighted by molar-refractivity contribution is 5.91. The molecule has 5 heteroatoms. The third-order valence-electron chi connectivity index (χ3n) is 2.70. The van der Waals surface area contributed by atoms with E-state index < -0.39 is 0 Å². The van der Waals surface area contributed by atoms with E-state index in [0.29, 0.717) is 18.8 Å². The molecule has 0 aliphatic rings. The van der Waals surface area contributed by atoms with Crippen LogP contribution in [0.1, 0.15) is 12.1 Å². The third kappa shape index (κ3) is 4.13. The molecule has 2 aromatic rings. The molecule has 5 nitrogen and oxygen atoms in total. The highest BCUT2D eigenvalue weighted by Crippen LogP contribution is 2.09. The molecular formula is C15H17N3O2. The van der Waals surface area contributed by atoms with Crippen LogP contribution in [-0.4, -0.2) is 36.1 Å². The van der Waals surface area contributed by atoms with Gasteiger partial charge in [0, 0.05) is 26.3 Å². The summed E-state index contributed by atoms with van der Waals surface area (Å²) in [5.41, 5.74) is 2.32. The van der Waals surface area contributed by atoms with Gasteiger partial charge in [0.15, 0.2) is 0 Å². The minimum absolute atomic E-state index is 0.143. The first-order valence-electron chi connectivity index (χ1n) is 6.46. The van der Waals surface area contributed by atoms with Crippen molar-refractivity contribution in [2.45, 2.75) is 6.42 Å². The number of ether oxygens (including phenoxy) is 1. The van der Waals surface area contributed by atoms with Crippen molar-refractivity contribution in [1.82, 2.24) is 15.3 Å². The van der Waals surface area contributed by atoms with E-state index in [2.05, 4.69) is 15.3 Å². The second-order valence-corrected chi connectivity index (χ2v) is 4.25. The van der Waals surface area contributed by atoms with Crippen molar-refractivity contribution in [1.29, 1.82) is 0 Å². The molecule has 0 radical (unpaired) electrons. The molecular weight excluding hydrogens is 254 g/mol. The van der Waals surface area contributed by atoms with Crippen LogP contribution in [0.25, 0.3) is 17.1 Å². The molecule has 0 saturated heterocycles. The lowest BCUT2D eigenvalue weighted by atomic mass is 10.3. The van der Waals surface area contributed by atoms with Crippen molar-refractivity contribution in [2.24, 2.45) is 0 Å². The number of aromatic nitrogens is 2. The molecule has 0 saturated carbocycles. The zero-order valence-corrected chi connectivity index (χ0v) is 11.4. The van der Waals surface area contributed by atoms with Crippen molar-refractivity contribution >= 4 is 23.0 Å². The lowest BCUT2D eigenvalue weighted by Gasteiger charge is -2.01. The monoisotopic (exact) mass is 271 g/mol. The van der Waals surface area contributed by atoms with Crippen LogP contribution in [0.5, 0.6) is 0 Å². The smallest absolute Gasteiger partial charge is 0.244 e. The average Bonchev–Trinajstić information content (AvgIpc) is 2.49. The summed E-state index contributed by atoms with van der Waals surface area (Å²) in [5.74, 6) is -0.143. The fourth-order valence-corrected chi connectivity index (χ4v) is 1.70. The van der Waals surface area contributed by atoms with Crippen molar-refractivity contribution in [3.63, 3.8) is 0 Å². The molecule has 1 amide bonds. The van der Waals surface area contributed by atoms with Gasteiger partial charge in [-0.15, -0.1) is 0 Å². The molecule has 1 aromatic heterocycles. The van der Waals surface area contributed by atoms with Crippen LogP contribution in [0.3, 0.4) is 0 Å². The summed E-state index contributed by atoms with van der Waals surface area (Å²) in [5, 5.41) is 2.77. The van der Waals surface area contributed by atoms with Crippen LogP contribution in [0.4, 0.5) is 0 Å². The second kappa shape index (κ2) is 7.35. The van der Waals surface area contributed by atoms with Gasteiger partial charge in [0.2, 0.25) is 5.91 Å². The molecule has 0 atom stereocenters. The van der Waals surface area contributed by atoms with Crippen LogP contribution in [0, 0.1) is 0 Å². The summed E-state index contributed by atoms with van der Waals surface area (Å²) in [4.78, 5) is 20.2. The van der Waals surface area contributed by atoms with Crippen LogP contribution < -0.4 is 5.32 Å². The lowest BCUT2D eigenvalue weighted by molar-refractivity contribution is -0.116. The maximum Gasteiger partial charge on any atom is 0.244 e. The first-order chi connectivity index (χ1) is 9.79. The first-order valence-corrected chi connectivity index (χ1v) is 6.46. The fraction of sp³-hybridized carbons (Fsp3) is 0.267. The average molecular weight is 271 g/mol. The van der Waals surface area contributed by atoms with Gasteiger partial charge < -0.3 is 10.1 Å². The topological polar surface area (TPSA) is 64.1 Å². The van der Waals surface area contributed by atoms with E-state index in [9.17, 15) is 4.79 Å². The molecule has 1 heterocycles. The number of benzene rings is 1. The minimum Gasteiger partial charge on any atom is -0.385 e. The van der Waals surface area contributed by atoms with Crippen molar-refractivity contribution in [3.05, 3.63) is 42.2 Å². The summed E-state index contributed by atoms with van der Waals surface area (Å²) < 4.78 is 4.91. The van der Waals surface area contributed by atoms with Gasteiger partial charge in [-0.1, -0.05) is 12.1 Å².